The lowest BCUT2D eigenvalue weighted by molar-refractivity contribution is 0.0722. The zero-order valence-corrected chi connectivity index (χ0v) is 11.3. The number of benzene rings is 1. The Morgan fingerprint density at radius 3 is 2.60 bits per heavy atom. The van der Waals surface area contributed by atoms with E-state index in [9.17, 15) is 4.79 Å². The minimum Gasteiger partial charge on any atom is -0.423 e. The van der Waals surface area contributed by atoms with Gasteiger partial charge >= 0.3 is 0 Å². The number of aromatic nitrogens is 2. The number of rotatable bonds is 6. The summed E-state index contributed by atoms with van der Waals surface area (Å²) in [6.45, 7) is 2.94. The number of hydrogen-bond donors (Lipinski definition) is 1. The molecule has 0 saturated carbocycles. The Hall–Kier alpha value is -2.21. The van der Waals surface area contributed by atoms with Crippen molar-refractivity contribution in [3.05, 3.63) is 36.2 Å². The maximum atomic E-state index is 12.3. The van der Waals surface area contributed by atoms with Crippen molar-refractivity contribution in [2.75, 3.05) is 19.7 Å². The van der Waals surface area contributed by atoms with E-state index >= 15 is 0 Å². The van der Waals surface area contributed by atoms with E-state index in [0.717, 1.165) is 12.0 Å². The molecule has 106 valence electrons. The van der Waals surface area contributed by atoms with Gasteiger partial charge in [0.25, 0.3) is 5.91 Å². The first kappa shape index (κ1) is 14.2. The van der Waals surface area contributed by atoms with Crippen LogP contribution in [0.5, 0.6) is 0 Å². The molecule has 0 unspecified atom stereocenters. The third-order valence-electron chi connectivity index (χ3n) is 2.89. The summed E-state index contributed by atoms with van der Waals surface area (Å²) < 4.78 is 5.09. The number of aliphatic hydroxyl groups excluding tert-OH is 1. The Bertz CT molecular complexity index is 531. The van der Waals surface area contributed by atoms with Crippen LogP contribution in [0.4, 0.5) is 0 Å². The van der Waals surface area contributed by atoms with Gasteiger partial charge in [-0.05, 0) is 30.7 Å². The molecule has 1 aromatic heterocycles. The van der Waals surface area contributed by atoms with Gasteiger partial charge in [-0.3, -0.25) is 4.79 Å². The minimum absolute atomic E-state index is 0.0359. The maximum Gasteiger partial charge on any atom is 0.253 e. The topological polar surface area (TPSA) is 79.5 Å². The first-order valence-electron chi connectivity index (χ1n) is 6.53. The van der Waals surface area contributed by atoms with E-state index in [-0.39, 0.29) is 12.5 Å². The molecule has 2 aromatic rings. The molecular weight excluding hydrogens is 258 g/mol. The van der Waals surface area contributed by atoms with E-state index < -0.39 is 0 Å². The van der Waals surface area contributed by atoms with Crippen molar-refractivity contribution in [2.45, 2.75) is 13.3 Å². The highest BCUT2D eigenvalue weighted by Crippen LogP contribution is 2.17. The number of carbonyl (C=O) groups excluding carboxylic acids is 1. The fourth-order valence-electron chi connectivity index (χ4n) is 1.94. The van der Waals surface area contributed by atoms with Crippen LogP contribution in [-0.2, 0) is 0 Å². The van der Waals surface area contributed by atoms with Gasteiger partial charge < -0.3 is 14.4 Å². The fourth-order valence-corrected chi connectivity index (χ4v) is 1.94. The lowest BCUT2D eigenvalue weighted by Gasteiger charge is -2.21. The summed E-state index contributed by atoms with van der Waals surface area (Å²) in [5, 5.41) is 16.4. The molecule has 6 heteroatoms. The van der Waals surface area contributed by atoms with Crippen LogP contribution in [0.2, 0.25) is 0 Å². The smallest absolute Gasteiger partial charge is 0.253 e. The van der Waals surface area contributed by atoms with Gasteiger partial charge in [-0.1, -0.05) is 6.92 Å². The summed E-state index contributed by atoms with van der Waals surface area (Å²) in [5.41, 5.74) is 1.35. The second-order valence-electron chi connectivity index (χ2n) is 4.34. The molecule has 0 saturated heterocycles. The lowest BCUT2D eigenvalue weighted by atomic mass is 10.1. The van der Waals surface area contributed by atoms with E-state index in [1.54, 1.807) is 29.2 Å². The number of aliphatic hydroxyl groups is 1. The molecule has 0 atom stereocenters. The van der Waals surface area contributed by atoms with Crippen molar-refractivity contribution in [1.82, 2.24) is 15.1 Å². The lowest BCUT2D eigenvalue weighted by Crippen LogP contribution is -2.34. The highest BCUT2D eigenvalue weighted by Gasteiger charge is 2.14. The molecule has 2 rings (SSSR count). The number of amides is 1. The average molecular weight is 275 g/mol. The Morgan fingerprint density at radius 2 is 2.05 bits per heavy atom. The Kier molecular flexibility index (Phi) is 4.84. The summed E-state index contributed by atoms with van der Waals surface area (Å²) in [7, 11) is 0. The zero-order chi connectivity index (χ0) is 14.4. The second-order valence-corrected chi connectivity index (χ2v) is 4.34. The van der Waals surface area contributed by atoms with Crippen LogP contribution < -0.4 is 0 Å². The minimum atomic E-state index is -0.0852. The predicted octanol–water partition coefficient (Wildman–Crippen LogP) is 1.58. The SMILES string of the molecule is CCCN(CCO)C(=O)c1ccc(-c2nnco2)cc1. The summed E-state index contributed by atoms with van der Waals surface area (Å²) in [4.78, 5) is 13.9. The number of carbonyl (C=O) groups is 1. The van der Waals surface area contributed by atoms with Crippen molar-refractivity contribution >= 4 is 5.91 Å². The second kappa shape index (κ2) is 6.81. The standard InChI is InChI=1S/C14H17N3O3/c1-2-7-17(8-9-18)14(19)12-5-3-11(4-6-12)13-16-15-10-20-13/h3-6,10,18H,2,7-9H2,1H3. The van der Waals surface area contributed by atoms with Crippen LogP contribution in [0.15, 0.2) is 35.1 Å². The summed E-state index contributed by atoms with van der Waals surface area (Å²) in [6, 6.07) is 6.98. The largest absolute Gasteiger partial charge is 0.423 e. The van der Waals surface area contributed by atoms with Crippen LogP contribution in [0.25, 0.3) is 11.5 Å². The molecule has 20 heavy (non-hydrogen) atoms. The first-order valence-corrected chi connectivity index (χ1v) is 6.53. The van der Waals surface area contributed by atoms with Crippen molar-refractivity contribution in [3.63, 3.8) is 0 Å². The van der Waals surface area contributed by atoms with Gasteiger partial charge in [0.05, 0.1) is 6.61 Å². The van der Waals surface area contributed by atoms with E-state index in [2.05, 4.69) is 10.2 Å². The molecule has 1 amide bonds. The van der Waals surface area contributed by atoms with Gasteiger partial charge in [0.2, 0.25) is 12.3 Å². The maximum absolute atomic E-state index is 12.3. The molecule has 0 aliphatic rings. The molecule has 1 N–H and O–H groups in total. The number of nitrogens with zero attached hydrogens (tertiary/aromatic N) is 3. The molecular formula is C14H17N3O3. The Morgan fingerprint density at radius 1 is 1.30 bits per heavy atom. The van der Waals surface area contributed by atoms with E-state index in [1.807, 2.05) is 6.92 Å². The van der Waals surface area contributed by atoms with Gasteiger partial charge in [0.1, 0.15) is 0 Å². The first-order chi connectivity index (χ1) is 9.76. The van der Waals surface area contributed by atoms with E-state index in [0.29, 0.717) is 24.5 Å². The van der Waals surface area contributed by atoms with E-state index in [1.165, 1.54) is 6.39 Å². The molecule has 0 radical (unpaired) electrons. The van der Waals surface area contributed by atoms with Crippen molar-refractivity contribution in [2.24, 2.45) is 0 Å². The quantitative estimate of drug-likeness (QED) is 0.865. The summed E-state index contributed by atoms with van der Waals surface area (Å²) in [6.07, 6.45) is 2.12. The van der Waals surface area contributed by atoms with Crippen LogP contribution in [-0.4, -0.2) is 45.8 Å². The highest BCUT2D eigenvalue weighted by molar-refractivity contribution is 5.94. The summed E-state index contributed by atoms with van der Waals surface area (Å²) in [5.74, 6) is 0.336. The normalized spacial score (nSPS) is 10.5. The average Bonchev–Trinajstić information content (AvgIpc) is 3.01. The molecule has 1 heterocycles. The van der Waals surface area contributed by atoms with Crippen LogP contribution in [0, 0.1) is 0 Å². The van der Waals surface area contributed by atoms with Crippen LogP contribution in [0.1, 0.15) is 23.7 Å². The highest BCUT2D eigenvalue weighted by atomic mass is 16.4. The zero-order valence-electron chi connectivity index (χ0n) is 11.3. The Labute approximate surface area is 117 Å². The fraction of sp³-hybridized carbons (Fsp3) is 0.357. The molecule has 6 nitrogen and oxygen atoms in total. The van der Waals surface area contributed by atoms with Gasteiger partial charge in [-0.15, -0.1) is 10.2 Å². The predicted molar refractivity (Wildman–Crippen MR) is 73.0 cm³/mol. The third-order valence-corrected chi connectivity index (χ3v) is 2.89. The molecule has 0 aliphatic heterocycles. The number of hydrogen-bond acceptors (Lipinski definition) is 5. The molecule has 0 spiro atoms. The summed E-state index contributed by atoms with van der Waals surface area (Å²) >= 11 is 0. The monoisotopic (exact) mass is 275 g/mol. The molecule has 0 fully saturated rings. The van der Waals surface area contributed by atoms with E-state index in [4.69, 9.17) is 9.52 Å². The molecule has 1 aromatic carbocycles. The van der Waals surface area contributed by atoms with Gasteiger partial charge in [-0.25, -0.2) is 0 Å². The molecule has 0 aliphatic carbocycles. The van der Waals surface area contributed by atoms with Crippen molar-refractivity contribution in [3.8, 4) is 11.5 Å². The van der Waals surface area contributed by atoms with Crippen LogP contribution >= 0.6 is 0 Å². The van der Waals surface area contributed by atoms with Crippen molar-refractivity contribution in [1.29, 1.82) is 0 Å². The van der Waals surface area contributed by atoms with Crippen LogP contribution in [0.3, 0.4) is 0 Å². The van der Waals surface area contributed by atoms with Gasteiger partial charge in [0.15, 0.2) is 0 Å². The third kappa shape index (κ3) is 3.21. The van der Waals surface area contributed by atoms with Crippen molar-refractivity contribution < 1.29 is 14.3 Å². The van der Waals surface area contributed by atoms with Gasteiger partial charge in [-0.2, -0.15) is 0 Å². The van der Waals surface area contributed by atoms with Gasteiger partial charge in [0, 0.05) is 24.2 Å². The Balaban J connectivity index is 2.14. The molecule has 0 bridgehead atoms.